The van der Waals surface area contributed by atoms with Crippen LogP contribution in [0, 0.1) is 5.92 Å². The molecule has 0 N–H and O–H groups in total. The van der Waals surface area contributed by atoms with Crippen molar-refractivity contribution < 1.29 is 18.4 Å². The number of alkyl halides is 2. The Kier molecular flexibility index (Phi) is 4.33. The lowest BCUT2D eigenvalue weighted by Crippen LogP contribution is -2.14. The lowest BCUT2D eigenvalue weighted by atomic mass is 9.98. The molecule has 4 heteroatoms. The second-order valence-electron chi connectivity index (χ2n) is 4.69. The molecule has 0 heterocycles. The van der Waals surface area contributed by atoms with E-state index in [-0.39, 0.29) is 35.0 Å². The van der Waals surface area contributed by atoms with Gasteiger partial charge in [-0.3, -0.25) is 9.59 Å². The zero-order chi connectivity index (χ0) is 13.9. The predicted octanol–water partition coefficient (Wildman–Crippen LogP) is 3.60. The van der Waals surface area contributed by atoms with Crippen molar-refractivity contribution >= 4 is 11.6 Å². The van der Waals surface area contributed by atoms with Gasteiger partial charge in [0, 0.05) is 24.0 Å². The molecule has 0 spiro atoms. The van der Waals surface area contributed by atoms with Gasteiger partial charge in [-0.2, -0.15) is 0 Å². The molecule has 0 bridgehead atoms. The van der Waals surface area contributed by atoms with E-state index in [1.54, 1.807) is 13.8 Å². The Hall–Kier alpha value is -1.58. The van der Waals surface area contributed by atoms with Crippen LogP contribution in [0.1, 0.15) is 43.1 Å². The van der Waals surface area contributed by atoms with Crippen LogP contribution in [0.4, 0.5) is 8.78 Å². The fourth-order valence-corrected chi connectivity index (χ4v) is 1.41. The monoisotopic (exact) mass is 254 g/mol. The van der Waals surface area contributed by atoms with Gasteiger partial charge in [-0.25, -0.2) is 8.78 Å². The minimum Gasteiger partial charge on any atom is -0.299 e. The summed E-state index contributed by atoms with van der Waals surface area (Å²) >= 11 is 0. The van der Waals surface area contributed by atoms with Gasteiger partial charge in [0.25, 0.3) is 5.92 Å². The van der Waals surface area contributed by atoms with Crippen LogP contribution >= 0.6 is 0 Å². The third kappa shape index (κ3) is 3.72. The molecule has 0 aliphatic rings. The van der Waals surface area contributed by atoms with E-state index in [1.165, 1.54) is 24.3 Å². The summed E-state index contributed by atoms with van der Waals surface area (Å²) in [5.41, 5.74) is 0.145. The maximum atomic E-state index is 13.0. The van der Waals surface area contributed by atoms with Crippen LogP contribution in [0.5, 0.6) is 0 Å². The highest BCUT2D eigenvalue weighted by Gasteiger charge is 2.24. The third-order valence-corrected chi connectivity index (χ3v) is 2.69. The number of hydrogen-bond acceptors (Lipinski definition) is 2. The zero-order valence-corrected chi connectivity index (χ0v) is 10.7. The fraction of sp³-hybridized carbons (Fsp3) is 0.429. The summed E-state index contributed by atoms with van der Waals surface area (Å²) in [7, 11) is 0. The van der Waals surface area contributed by atoms with Crippen LogP contribution in [0.15, 0.2) is 24.3 Å². The third-order valence-electron chi connectivity index (χ3n) is 2.69. The molecule has 0 saturated carbocycles. The number of halogens is 2. The number of ketones is 2. The van der Waals surface area contributed by atoms with Gasteiger partial charge in [0.1, 0.15) is 5.78 Å². The molecule has 0 amide bonds. The Labute approximate surface area is 105 Å². The molecule has 0 saturated heterocycles. The molecule has 1 aromatic carbocycles. The van der Waals surface area contributed by atoms with Crippen molar-refractivity contribution in [3.63, 3.8) is 0 Å². The summed E-state index contributed by atoms with van der Waals surface area (Å²) in [5.74, 6) is -3.60. The van der Waals surface area contributed by atoms with Crippen molar-refractivity contribution in [3.05, 3.63) is 35.4 Å². The summed E-state index contributed by atoms with van der Waals surface area (Å²) in [6.45, 7) is 4.23. The SMILES string of the molecule is CC(C)C(=O)CC(=O)c1ccc(C(C)(F)F)cc1. The van der Waals surface area contributed by atoms with Crippen LogP contribution in [-0.4, -0.2) is 11.6 Å². The van der Waals surface area contributed by atoms with E-state index in [2.05, 4.69) is 0 Å². The van der Waals surface area contributed by atoms with Crippen molar-refractivity contribution in [2.24, 2.45) is 5.92 Å². The van der Waals surface area contributed by atoms with Gasteiger partial charge in [0.05, 0.1) is 6.42 Å². The van der Waals surface area contributed by atoms with Crippen LogP contribution < -0.4 is 0 Å². The van der Waals surface area contributed by atoms with Crippen molar-refractivity contribution in [2.45, 2.75) is 33.1 Å². The Bertz CT molecular complexity index is 442. The normalized spacial score (nSPS) is 11.7. The van der Waals surface area contributed by atoms with E-state index >= 15 is 0 Å². The van der Waals surface area contributed by atoms with Crippen molar-refractivity contribution in [2.75, 3.05) is 0 Å². The fourth-order valence-electron chi connectivity index (χ4n) is 1.41. The van der Waals surface area contributed by atoms with Crippen molar-refractivity contribution in [1.82, 2.24) is 0 Å². The molecule has 1 aromatic rings. The van der Waals surface area contributed by atoms with E-state index < -0.39 is 5.92 Å². The maximum absolute atomic E-state index is 13.0. The maximum Gasteiger partial charge on any atom is 0.270 e. The zero-order valence-electron chi connectivity index (χ0n) is 10.7. The molecule has 0 aliphatic carbocycles. The highest BCUT2D eigenvalue weighted by Crippen LogP contribution is 2.26. The topological polar surface area (TPSA) is 34.1 Å². The van der Waals surface area contributed by atoms with Gasteiger partial charge < -0.3 is 0 Å². The van der Waals surface area contributed by atoms with Gasteiger partial charge in [0.2, 0.25) is 0 Å². The van der Waals surface area contributed by atoms with Gasteiger partial charge >= 0.3 is 0 Å². The largest absolute Gasteiger partial charge is 0.299 e. The predicted molar refractivity (Wildman–Crippen MR) is 64.8 cm³/mol. The van der Waals surface area contributed by atoms with Crippen LogP contribution in [0.2, 0.25) is 0 Å². The quantitative estimate of drug-likeness (QED) is 0.594. The molecular formula is C14H16F2O2. The molecule has 2 nitrogen and oxygen atoms in total. The van der Waals surface area contributed by atoms with Crippen LogP contribution in [0.25, 0.3) is 0 Å². The minimum absolute atomic E-state index is 0.144. The number of carbonyl (C=O) groups excluding carboxylic acids is 2. The van der Waals surface area contributed by atoms with Crippen LogP contribution in [0.3, 0.4) is 0 Å². The van der Waals surface area contributed by atoms with E-state index in [9.17, 15) is 18.4 Å². The first-order chi connectivity index (χ1) is 8.21. The van der Waals surface area contributed by atoms with Crippen molar-refractivity contribution in [3.8, 4) is 0 Å². The average molecular weight is 254 g/mol. The highest BCUT2D eigenvalue weighted by molar-refractivity contribution is 6.08. The second-order valence-corrected chi connectivity index (χ2v) is 4.69. The van der Waals surface area contributed by atoms with E-state index in [0.717, 1.165) is 6.92 Å². The lowest BCUT2D eigenvalue weighted by Gasteiger charge is -2.10. The lowest BCUT2D eigenvalue weighted by molar-refractivity contribution is -0.121. The first-order valence-corrected chi connectivity index (χ1v) is 5.76. The second kappa shape index (κ2) is 5.38. The average Bonchev–Trinajstić information content (AvgIpc) is 2.27. The summed E-state index contributed by atoms with van der Waals surface area (Å²) in [4.78, 5) is 23.1. The van der Waals surface area contributed by atoms with Gasteiger partial charge in [-0.1, -0.05) is 38.1 Å². The minimum atomic E-state index is -2.92. The molecule has 0 aliphatic heterocycles. The molecular weight excluding hydrogens is 238 g/mol. The number of Topliss-reactive ketones (excluding diaryl/α,β-unsaturated/α-hetero) is 2. The summed E-state index contributed by atoms with van der Waals surface area (Å²) in [6, 6.07) is 5.10. The molecule has 0 radical (unpaired) electrons. The smallest absolute Gasteiger partial charge is 0.270 e. The first-order valence-electron chi connectivity index (χ1n) is 5.76. The van der Waals surface area contributed by atoms with Gasteiger partial charge in [0.15, 0.2) is 5.78 Å². The number of carbonyl (C=O) groups is 2. The first kappa shape index (κ1) is 14.5. The Morgan fingerprint density at radius 1 is 1.17 bits per heavy atom. The standard InChI is InChI=1S/C14H16F2O2/c1-9(2)12(17)8-13(18)10-4-6-11(7-5-10)14(3,15)16/h4-7,9H,8H2,1-3H3. The molecule has 1 rings (SSSR count). The van der Waals surface area contributed by atoms with Crippen LogP contribution in [-0.2, 0) is 10.7 Å². The van der Waals surface area contributed by atoms with E-state index in [1.807, 2.05) is 0 Å². The van der Waals surface area contributed by atoms with Gasteiger partial charge in [-0.15, -0.1) is 0 Å². The molecule has 18 heavy (non-hydrogen) atoms. The molecule has 0 atom stereocenters. The van der Waals surface area contributed by atoms with Gasteiger partial charge in [-0.05, 0) is 0 Å². The molecule has 0 unspecified atom stereocenters. The Balaban J connectivity index is 2.80. The van der Waals surface area contributed by atoms with E-state index in [0.29, 0.717) is 0 Å². The molecule has 98 valence electrons. The van der Waals surface area contributed by atoms with Crippen molar-refractivity contribution in [1.29, 1.82) is 0 Å². The summed E-state index contributed by atoms with van der Waals surface area (Å²) in [5, 5.41) is 0. The summed E-state index contributed by atoms with van der Waals surface area (Å²) < 4.78 is 25.9. The van der Waals surface area contributed by atoms with E-state index in [4.69, 9.17) is 0 Å². The molecule has 0 fully saturated rings. The Morgan fingerprint density at radius 3 is 2.06 bits per heavy atom. The number of hydrogen-bond donors (Lipinski definition) is 0. The molecule has 0 aromatic heterocycles. The number of rotatable bonds is 5. The highest BCUT2D eigenvalue weighted by atomic mass is 19.3. The Morgan fingerprint density at radius 2 is 1.67 bits per heavy atom. The summed E-state index contributed by atoms with van der Waals surface area (Å²) in [6.07, 6.45) is -0.181. The number of benzene rings is 1.